The van der Waals surface area contributed by atoms with Crippen molar-refractivity contribution in [1.82, 2.24) is 4.98 Å². The largest absolute Gasteiger partial charge is 0.417 e. The van der Waals surface area contributed by atoms with Crippen LogP contribution in [-0.2, 0) is 12.7 Å². The van der Waals surface area contributed by atoms with E-state index in [-0.39, 0.29) is 5.56 Å². The zero-order valence-electron chi connectivity index (χ0n) is 11.4. The van der Waals surface area contributed by atoms with Gasteiger partial charge in [-0.2, -0.15) is 18.4 Å². The van der Waals surface area contributed by atoms with Crippen LogP contribution in [0.2, 0.25) is 0 Å². The van der Waals surface area contributed by atoms with Gasteiger partial charge in [-0.3, -0.25) is 0 Å². The first kappa shape index (κ1) is 15.3. The van der Waals surface area contributed by atoms with Gasteiger partial charge in [-0.25, -0.2) is 4.98 Å². The number of nitrogens with zero attached hydrogens (tertiary/aromatic N) is 3. The van der Waals surface area contributed by atoms with Gasteiger partial charge in [0.25, 0.3) is 0 Å². The van der Waals surface area contributed by atoms with Gasteiger partial charge in [0.1, 0.15) is 0 Å². The number of aryl methyl sites for hydroxylation is 1. The van der Waals surface area contributed by atoms with Gasteiger partial charge in [0, 0.05) is 18.1 Å². The van der Waals surface area contributed by atoms with E-state index in [1.807, 2.05) is 12.3 Å². The Morgan fingerprint density at radius 2 is 2.10 bits per heavy atom. The lowest BCUT2D eigenvalue weighted by Crippen LogP contribution is -2.18. The number of hydrogen-bond acceptors (Lipinski definition) is 4. The Hall–Kier alpha value is -2.07. The van der Waals surface area contributed by atoms with Gasteiger partial charge in [-0.15, -0.1) is 11.3 Å². The fraction of sp³-hybridized carbons (Fsp3) is 0.286. The quantitative estimate of drug-likeness (QED) is 0.861. The van der Waals surface area contributed by atoms with Gasteiger partial charge in [0.15, 0.2) is 0 Å². The first-order chi connectivity index (χ1) is 9.81. The highest BCUT2D eigenvalue weighted by Gasteiger charge is 2.34. The van der Waals surface area contributed by atoms with Crippen molar-refractivity contribution in [2.45, 2.75) is 19.6 Å². The molecule has 0 bridgehead atoms. The molecule has 0 aliphatic heterocycles. The first-order valence-electron chi connectivity index (χ1n) is 6.04. The Morgan fingerprint density at radius 1 is 1.38 bits per heavy atom. The molecule has 0 fully saturated rings. The van der Waals surface area contributed by atoms with Crippen LogP contribution in [-0.4, -0.2) is 12.0 Å². The molecule has 7 heteroatoms. The number of anilines is 1. The number of aromatic nitrogens is 1. The van der Waals surface area contributed by atoms with Crippen molar-refractivity contribution < 1.29 is 13.2 Å². The fourth-order valence-electron chi connectivity index (χ4n) is 1.92. The van der Waals surface area contributed by atoms with Gasteiger partial charge >= 0.3 is 6.18 Å². The molecule has 0 aliphatic carbocycles. The van der Waals surface area contributed by atoms with E-state index in [9.17, 15) is 13.2 Å². The molecular formula is C14H12F3N3S. The van der Waals surface area contributed by atoms with Crippen molar-refractivity contribution in [3.05, 3.63) is 45.4 Å². The normalized spacial score (nSPS) is 11.2. The highest BCUT2D eigenvalue weighted by Crippen LogP contribution is 2.34. The van der Waals surface area contributed by atoms with E-state index in [1.54, 1.807) is 18.0 Å². The second kappa shape index (κ2) is 5.74. The number of thiazole rings is 1. The molecular weight excluding hydrogens is 299 g/mol. The van der Waals surface area contributed by atoms with Crippen LogP contribution in [0.5, 0.6) is 0 Å². The minimum atomic E-state index is -4.54. The molecule has 0 saturated carbocycles. The summed E-state index contributed by atoms with van der Waals surface area (Å²) in [7, 11) is 1.69. The number of nitriles is 1. The number of rotatable bonds is 3. The molecule has 0 atom stereocenters. The number of hydrogen-bond donors (Lipinski definition) is 0. The van der Waals surface area contributed by atoms with Gasteiger partial charge in [0.05, 0.1) is 34.4 Å². The molecule has 3 nitrogen and oxygen atoms in total. The van der Waals surface area contributed by atoms with Crippen molar-refractivity contribution in [3.63, 3.8) is 0 Å². The van der Waals surface area contributed by atoms with Crippen LogP contribution in [0.3, 0.4) is 0 Å². The molecule has 2 rings (SSSR count). The Balaban J connectivity index is 2.30. The van der Waals surface area contributed by atoms with Gasteiger partial charge in [0.2, 0.25) is 0 Å². The SMILES string of the molecule is Cc1nc(CN(C)c2ccc(C#N)c(C(F)(F)F)c2)cs1. The summed E-state index contributed by atoms with van der Waals surface area (Å²) in [6.07, 6.45) is -4.54. The summed E-state index contributed by atoms with van der Waals surface area (Å²) in [5.41, 5.74) is -0.0853. The van der Waals surface area contributed by atoms with Crippen LogP contribution >= 0.6 is 11.3 Å². The van der Waals surface area contributed by atoms with Gasteiger partial charge < -0.3 is 4.90 Å². The van der Waals surface area contributed by atoms with Gasteiger partial charge in [-0.1, -0.05) is 0 Å². The number of benzene rings is 1. The van der Waals surface area contributed by atoms with E-state index >= 15 is 0 Å². The third kappa shape index (κ3) is 3.52. The molecule has 2 aromatic rings. The Kier molecular flexibility index (Phi) is 4.19. The third-order valence-electron chi connectivity index (χ3n) is 2.94. The van der Waals surface area contributed by atoms with E-state index in [1.165, 1.54) is 23.5 Å². The molecule has 0 N–H and O–H groups in total. The summed E-state index contributed by atoms with van der Waals surface area (Å²) in [4.78, 5) is 5.95. The molecule has 0 amide bonds. The lowest BCUT2D eigenvalue weighted by molar-refractivity contribution is -0.137. The maximum atomic E-state index is 12.9. The van der Waals surface area contributed by atoms with Crippen LogP contribution in [0.15, 0.2) is 23.6 Å². The molecule has 110 valence electrons. The van der Waals surface area contributed by atoms with Crippen molar-refractivity contribution >= 4 is 17.0 Å². The van der Waals surface area contributed by atoms with Crippen molar-refractivity contribution in [1.29, 1.82) is 5.26 Å². The fourth-order valence-corrected chi connectivity index (χ4v) is 2.52. The highest BCUT2D eigenvalue weighted by molar-refractivity contribution is 7.09. The van der Waals surface area contributed by atoms with E-state index in [0.717, 1.165) is 16.8 Å². The van der Waals surface area contributed by atoms with E-state index in [0.29, 0.717) is 12.2 Å². The monoisotopic (exact) mass is 311 g/mol. The van der Waals surface area contributed by atoms with Crippen LogP contribution in [0, 0.1) is 18.3 Å². The molecule has 0 spiro atoms. The Morgan fingerprint density at radius 3 is 2.62 bits per heavy atom. The minimum absolute atomic E-state index is 0.371. The summed E-state index contributed by atoms with van der Waals surface area (Å²) in [6, 6.07) is 5.27. The third-order valence-corrected chi connectivity index (χ3v) is 3.76. The van der Waals surface area contributed by atoms with E-state index in [4.69, 9.17) is 5.26 Å². The molecule has 1 aromatic carbocycles. The Labute approximate surface area is 124 Å². The zero-order chi connectivity index (χ0) is 15.6. The Bertz CT molecular complexity index is 686. The zero-order valence-corrected chi connectivity index (χ0v) is 12.2. The average molecular weight is 311 g/mol. The smallest absolute Gasteiger partial charge is 0.369 e. The number of alkyl halides is 3. The van der Waals surface area contributed by atoms with E-state index < -0.39 is 11.7 Å². The number of halogens is 3. The second-order valence-electron chi connectivity index (χ2n) is 4.55. The second-order valence-corrected chi connectivity index (χ2v) is 5.62. The molecule has 0 aliphatic rings. The lowest BCUT2D eigenvalue weighted by atomic mass is 10.1. The maximum Gasteiger partial charge on any atom is 0.417 e. The molecule has 0 saturated heterocycles. The van der Waals surface area contributed by atoms with Crippen LogP contribution in [0.4, 0.5) is 18.9 Å². The van der Waals surface area contributed by atoms with E-state index in [2.05, 4.69) is 4.98 Å². The first-order valence-corrected chi connectivity index (χ1v) is 6.92. The summed E-state index contributed by atoms with van der Waals surface area (Å²) in [5.74, 6) is 0. The predicted molar refractivity (Wildman–Crippen MR) is 75.1 cm³/mol. The van der Waals surface area contributed by atoms with Crippen LogP contribution < -0.4 is 4.90 Å². The molecule has 21 heavy (non-hydrogen) atoms. The average Bonchev–Trinajstić information content (AvgIpc) is 2.82. The van der Waals surface area contributed by atoms with Crippen molar-refractivity contribution in [2.24, 2.45) is 0 Å². The molecule has 1 aromatic heterocycles. The van der Waals surface area contributed by atoms with Crippen LogP contribution in [0.1, 0.15) is 21.8 Å². The summed E-state index contributed by atoms with van der Waals surface area (Å²) >= 11 is 1.49. The summed E-state index contributed by atoms with van der Waals surface area (Å²) < 4.78 is 38.8. The standard InChI is InChI=1S/C14H12F3N3S/c1-9-19-11(8-21-9)7-20(2)12-4-3-10(6-18)13(5-12)14(15,16)17/h3-5,8H,7H2,1-2H3. The van der Waals surface area contributed by atoms with Crippen molar-refractivity contribution in [2.75, 3.05) is 11.9 Å². The van der Waals surface area contributed by atoms with Crippen molar-refractivity contribution in [3.8, 4) is 6.07 Å². The highest BCUT2D eigenvalue weighted by atomic mass is 32.1. The molecule has 0 radical (unpaired) electrons. The van der Waals surface area contributed by atoms with Gasteiger partial charge in [-0.05, 0) is 25.1 Å². The maximum absolute atomic E-state index is 12.9. The summed E-state index contributed by atoms with van der Waals surface area (Å²) in [5, 5.41) is 11.6. The summed E-state index contributed by atoms with van der Waals surface area (Å²) in [6.45, 7) is 2.28. The molecule has 1 heterocycles. The lowest BCUT2D eigenvalue weighted by Gasteiger charge is -2.20. The minimum Gasteiger partial charge on any atom is -0.369 e. The molecule has 0 unspecified atom stereocenters. The topological polar surface area (TPSA) is 39.9 Å². The predicted octanol–water partition coefficient (Wildman–Crippen LogP) is 3.98. The van der Waals surface area contributed by atoms with Crippen LogP contribution in [0.25, 0.3) is 0 Å².